The Labute approximate surface area is 136 Å². The third-order valence-corrected chi connectivity index (χ3v) is 3.89. The molecule has 0 spiro atoms. The van der Waals surface area contributed by atoms with Gasteiger partial charge in [-0.1, -0.05) is 33.6 Å². The van der Waals surface area contributed by atoms with Crippen LogP contribution < -0.4 is 0 Å². The number of benzene rings is 1. The smallest absolute Gasteiger partial charge is 0.130 e. The average molecular weight is 377 g/mol. The highest BCUT2D eigenvalue weighted by molar-refractivity contribution is 9.10. The minimum atomic E-state index is -1.16. The SMILES string of the molecule is CN(C)CCn1ncc(Cl)c1C(O)c1ccc(Br)cc1F. The van der Waals surface area contributed by atoms with Gasteiger partial charge in [0, 0.05) is 16.6 Å². The third kappa shape index (κ3) is 3.83. The topological polar surface area (TPSA) is 41.3 Å². The monoisotopic (exact) mass is 375 g/mol. The highest BCUT2D eigenvalue weighted by atomic mass is 79.9. The quantitative estimate of drug-likeness (QED) is 0.872. The summed E-state index contributed by atoms with van der Waals surface area (Å²) in [4.78, 5) is 1.99. The van der Waals surface area contributed by atoms with Gasteiger partial charge in [0.05, 0.1) is 23.5 Å². The van der Waals surface area contributed by atoms with Crippen molar-refractivity contribution in [1.82, 2.24) is 14.7 Å². The van der Waals surface area contributed by atoms with Crippen molar-refractivity contribution in [3.63, 3.8) is 0 Å². The summed E-state index contributed by atoms with van der Waals surface area (Å²) in [5, 5.41) is 14.9. The van der Waals surface area contributed by atoms with E-state index in [1.54, 1.807) is 10.7 Å². The van der Waals surface area contributed by atoms with E-state index >= 15 is 0 Å². The Bertz CT molecular complexity index is 633. The van der Waals surface area contributed by atoms with Gasteiger partial charge in [0.25, 0.3) is 0 Å². The van der Waals surface area contributed by atoms with Crippen LogP contribution in [0.4, 0.5) is 4.39 Å². The summed E-state index contributed by atoms with van der Waals surface area (Å²) in [7, 11) is 3.88. The zero-order valence-electron chi connectivity index (χ0n) is 11.7. The molecule has 1 atom stereocenters. The van der Waals surface area contributed by atoms with Gasteiger partial charge < -0.3 is 10.0 Å². The summed E-state index contributed by atoms with van der Waals surface area (Å²) in [6.45, 7) is 1.30. The molecule has 0 radical (unpaired) electrons. The molecule has 0 aliphatic carbocycles. The van der Waals surface area contributed by atoms with Crippen LogP contribution in [-0.2, 0) is 6.54 Å². The molecule has 0 amide bonds. The van der Waals surface area contributed by atoms with Gasteiger partial charge in [0.2, 0.25) is 0 Å². The molecular weight excluding hydrogens is 361 g/mol. The van der Waals surface area contributed by atoms with E-state index in [-0.39, 0.29) is 5.56 Å². The molecule has 4 nitrogen and oxygen atoms in total. The number of hydrogen-bond donors (Lipinski definition) is 1. The Morgan fingerprint density at radius 2 is 2.19 bits per heavy atom. The first-order valence-electron chi connectivity index (χ1n) is 6.39. The molecule has 1 heterocycles. The van der Waals surface area contributed by atoms with Gasteiger partial charge in [-0.25, -0.2) is 4.39 Å². The zero-order chi connectivity index (χ0) is 15.6. The van der Waals surface area contributed by atoms with Crippen molar-refractivity contribution in [2.45, 2.75) is 12.6 Å². The maximum absolute atomic E-state index is 14.0. The largest absolute Gasteiger partial charge is 0.382 e. The first-order chi connectivity index (χ1) is 9.90. The van der Waals surface area contributed by atoms with Gasteiger partial charge in [-0.05, 0) is 26.2 Å². The second-order valence-corrected chi connectivity index (χ2v) is 6.30. The molecule has 0 bridgehead atoms. The molecule has 0 aliphatic rings. The molecule has 7 heteroatoms. The zero-order valence-corrected chi connectivity index (χ0v) is 14.1. The van der Waals surface area contributed by atoms with Crippen molar-refractivity contribution in [2.75, 3.05) is 20.6 Å². The Hall–Kier alpha value is -0.950. The van der Waals surface area contributed by atoms with Gasteiger partial charge in [0.1, 0.15) is 11.9 Å². The van der Waals surface area contributed by atoms with Gasteiger partial charge in [-0.3, -0.25) is 4.68 Å². The van der Waals surface area contributed by atoms with Gasteiger partial charge >= 0.3 is 0 Å². The van der Waals surface area contributed by atoms with E-state index in [2.05, 4.69) is 21.0 Å². The Kier molecular flexibility index (Phi) is 5.37. The predicted octanol–water partition coefficient (Wildman–Crippen LogP) is 3.08. The fraction of sp³-hybridized carbons (Fsp3) is 0.357. The van der Waals surface area contributed by atoms with Crippen molar-refractivity contribution in [3.05, 3.63) is 51.0 Å². The van der Waals surface area contributed by atoms with Crippen LogP contribution in [0.3, 0.4) is 0 Å². The highest BCUT2D eigenvalue weighted by Crippen LogP contribution is 2.30. The van der Waals surface area contributed by atoms with Crippen molar-refractivity contribution < 1.29 is 9.50 Å². The van der Waals surface area contributed by atoms with Crippen LogP contribution in [0.25, 0.3) is 0 Å². The lowest BCUT2D eigenvalue weighted by molar-refractivity contribution is 0.201. The Balaban J connectivity index is 2.34. The molecule has 2 rings (SSSR count). The highest BCUT2D eigenvalue weighted by Gasteiger charge is 2.22. The van der Waals surface area contributed by atoms with Crippen LogP contribution in [0.1, 0.15) is 17.4 Å². The molecular formula is C14H16BrClFN3O. The van der Waals surface area contributed by atoms with Crippen LogP contribution in [0.2, 0.25) is 5.02 Å². The van der Waals surface area contributed by atoms with Crippen LogP contribution in [-0.4, -0.2) is 40.4 Å². The minimum absolute atomic E-state index is 0.173. The molecule has 1 aromatic heterocycles. The lowest BCUT2D eigenvalue weighted by Gasteiger charge is -2.17. The maximum Gasteiger partial charge on any atom is 0.130 e. The molecule has 0 fully saturated rings. The van der Waals surface area contributed by atoms with E-state index in [1.807, 2.05) is 19.0 Å². The first-order valence-corrected chi connectivity index (χ1v) is 7.56. The van der Waals surface area contributed by atoms with Crippen molar-refractivity contribution >= 4 is 27.5 Å². The van der Waals surface area contributed by atoms with Crippen LogP contribution >= 0.6 is 27.5 Å². The molecule has 1 N–H and O–H groups in total. The van der Waals surface area contributed by atoms with Gasteiger partial charge in [-0.15, -0.1) is 0 Å². The van der Waals surface area contributed by atoms with Gasteiger partial charge in [-0.2, -0.15) is 5.10 Å². The molecule has 21 heavy (non-hydrogen) atoms. The summed E-state index contributed by atoms with van der Waals surface area (Å²) >= 11 is 9.29. The Morgan fingerprint density at radius 3 is 2.81 bits per heavy atom. The number of hydrogen-bond acceptors (Lipinski definition) is 3. The number of aromatic nitrogens is 2. The van der Waals surface area contributed by atoms with E-state index in [9.17, 15) is 9.50 Å². The number of nitrogens with zero attached hydrogens (tertiary/aromatic N) is 3. The predicted molar refractivity (Wildman–Crippen MR) is 84.0 cm³/mol. The number of aliphatic hydroxyl groups excluding tert-OH is 1. The summed E-state index contributed by atoms with van der Waals surface area (Å²) in [5.74, 6) is -0.492. The van der Waals surface area contributed by atoms with E-state index in [0.29, 0.717) is 21.7 Å². The molecule has 1 aromatic carbocycles. The molecule has 1 unspecified atom stereocenters. The molecule has 2 aromatic rings. The van der Waals surface area contributed by atoms with Crippen LogP contribution in [0.15, 0.2) is 28.9 Å². The van der Waals surface area contributed by atoms with E-state index < -0.39 is 11.9 Å². The first kappa shape index (κ1) is 16.4. The molecule has 114 valence electrons. The lowest BCUT2D eigenvalue weighted by Crippen LogP contribution is -2.21. The second kappa shape index (κ2) is 6.87. The standard InChI is InChI=1S/C14H16BrClFN3O/c1-19(2)5-6-20-13(11(16)8-18-20)14(21)10-4-3-9(15)7-12(10)17/h3-4,7-8,14,21H,5-6H2,1-2H3. The summed E-state index contributed by atoms with van der Waals surface area (Å²) in [5.41, 5.74) is 0.575. The van der Waals surface area contributed by atoms with Crippen molar-refractivity contribution in [2.24, 2.45) is 0 Å². The summed E-state index contributed by atoms with van der Waals surface area (Å²) in [6, 6.07) is 4.52. The number of likely N-dealkylation sites (N-methyl/N-ethyl adjacent to an activating group) is 1. The second-order valence-electron chi connectivity index (χ2n) is 4.97. The number of aliphatic hydroxyl groups is 1. The van der Waals surface area contributed by atoms with E-state index in [0.717, 1.165) is 6.54 Å². The molecule has 0 saturated carbocycles. The van der Waals surface area contributed by atoms with Crippen LogP contribution in [0.5, 0.6) is 0 Å². The lowest BCUT2D eigenvalue weighted by atomic mass is 10.1. The fourth-order valence-electron chi connectivity index (χ4n) is 1.99. The third-order valence-electron chi connectivity index (χ3n) is 3.11. The normalized spacial score (nSPS) is 12.9. The average Bonchev–Trinajstić information content (AvgIpc) is 2.77. The van der Waals surface area contributed by atoms with Gasteiger partial charge in [0.15, 0.2) is 0 Å². The van der Waals surface area contributed by atoms with Crippen LogP contribution in [0, 0.1) is 5.82 Å². The summed E-state index contributed by atoms with van der Waals surface area (Å²) < 4.78 is 16.2. The van der Waals surface area contributed by atoms with E-state index in [4.69, 9.17) is 11.6 Å². The number of halogens is 3. The van der Waals surface area contributed by atoms with Crippen molar-refractivity contribution in [3.8, 4) is 0 Å². The molecule has 0 saturated heterocycles. The maximum atomic E-state index is 14.0. The Morgan fingerprint density at radius 1 is 1.48 bits per heavy atom. The molecule has 0 aliphatic heterocycles. The summed E-state index contributed by atoms with van der Waals surface area (Å²) in [6.07, 6.45) is 0.308. The fourth-order valence-corrected chi connectivity index (χ4v) is 2.56. The van der Waals surface area contributed by atoms with E-state index in [1.165, 1.54) is 18.3 Å². The minimum Gasteiger partial charge on any atom is -0.382 e. The van der Waals surface area contributed by atoms with Crippen molar-refractivity contribution in [1.29, 1.82) is 0 Å². The number of rotatable bonds is 5.